The molecule has 1 aromatic carbocycles. The van der Waals surface area contributed by atoms with Gasteiger partial charge in [0.05, 0.1) is 18.7 Å². The summed E-state index contributed by atoms with van der Waals surface area (Å²) in [6.07, 6.45) is 1.50. The van der Waals surface area contributed by atoms with E-state index in [4.69, 9.17) is 21.6 Å². The number of nitriles is 1. The molecule has 0 radical (unpaired) electrons. The summed E-state index contributed by atoms with van der Waals surface area (Å²) in [7, 11) is 0. The van der Waals surface area contributed by atoms with Gasteiger partial charge in [0.15, 0.2) is 0 Å². The maximum absolute atomic E-state index is 11.5. The van der Waals surface area contributed by atoms with Gasteiger partial charge in [-0.05, 0) is 31.0 Å². The molecule has 0 aliphatic carbocycles. The lowest BCUT2D eigenvalue weighted by Gasteiger charge is -2.17. The topological polar surface area (TPSA) is 62.1 Å². The minimum absolute atomic E-state index is 0.132. The molecule has 1 amide bonds. The minimum atomic E-state index is -0.268. The summed E-state index contributed by atoms with van der Waals surface area (Å²) in [4.78, 5) is 11.5. The molecular weight excluding hydrogens is 252 g/mol. The number of hydrogen-bond donors (Lipinski definition) is 1. The molecule has 0 saturated carbocycles. The van der Waals surface area contributed by atoms with Crippen LogP contribution in [0.2, 0.25) is 5.02 Å². The van der Waals surface area contributed by atoms with Crippen LogP contribution < -0.4 is 10.1 Å². The van der Waals surface area contributed by atoms with Gasteiger partial charge in [0.2, 0.25) is 5.91 Å². The van der Waals surface area contributed by atoms with Crippen LogP contribution in [0.1, 0.15) is 30.9 Å². The number of nitrogens with one attached hydrogen (secondary N) is 1. The van der Waals surface area contributed by atoms with Gasteiger partial charge in [0, 0.05) is 10.6 Å². The third-order valence-corrected chi connectivity index (χ3v) is 3.05. The first-order chi connectivity index (χ1) is 8.70. The van der Waals surface area contributed by atoms with E-state index in [1.807, 2.05) is 12.1 Å². The number of rotatable bonds is 2. The van der Waals surface area contributed by atoms with E-state index in [0.717, 1.165) is 24.2 Å². The Balaban J connectivity index is 2.24. The van der Waals surface area contributed by atoms with Gasteiger partial charge in [0.25, 0.3) is 0 Å². The fourth-order valence-corrected chi connectivity index (χ4v) is 2.20. The van der Waals surface area contributed by atoms with Crippen molar-refractivity contribution in [3.63, 3.8) is 0 Å². The summed E-state index contributed by atoms with van der Waals surface area (Å²) in [6, 6.07) is 7.08. The molecule has 1 N–H and O–H groups in total. The Kier molecular flexibility index (Phi) is 4.06. The third-order valence-electron chi connectivity index (χ3n) is 2.82. The van der Waals surface area contributed by atoms with Crippen molar-refractivity contribution >= 4 is 17.5 Å². The van der Waals surface area contributed by atoms with Gasteiger partial charge < -0.3 is 10.1 Å². The zero-order valence-electron chi connectivity index (χ0n) is 9.78. The van der Waals surface area contributed by atoms with Crippen LogP contribution in [0.5, 0.6) is 5.75 Å². The van der Waals surface area contributed by atoms with Crippen molar-refractivity contribution in [3.05, 3.63) is 28.8 Å². The van der Waals surface area contributed by atoms with Crippen LogP contribution in [0.15, 0.2) is 18.2 Å². The molecule has 0 bridgehead atoms. The van der Waals surface area contributed by atoms with Crippen molar-refractivity contribution in [1.82, 2.24) is 5.32 Å². The zero-order valence-corrected chi connectivity index (χ0v) is 10.5. The summed E-state index contributed by atoms with van der Waals surface area (Å²) in [6.45, 7) is 0.624. The average molecular weight is 265 g/mol. The minimum Gasteiger partial charge on any atom is -0.493 e. The predicted octanol–water partition coefficient (Wildman–Crippen LogP) is 2.58. The van der Waals surface area contributed by atoms with E-state index in [1.165, 1.54) is 0 Å². The number of ether oxygens (including phenoxy) is 1. The maximum atomic E-state index is 11.5. The van der Waals surface area contributed by atoms with E-state index < -0.39 is 0 Å². The molecule has 1 aliphatic heterocycles. The summed E-state index contributed by atoms with van der Waals surface area (Å²) >= 11 is 5.97. The quantitative estimate of drug-likeness (QED) is 0.893. The Hall–Kier alpha value is -1.73. The van der Waals surface area contributed by atoms with Crippen LogP contribution >= 0.6 is 11.6 Å². The number of nitrogens with zero attached hydrogens (tertiary/aromatic N) is 1. The fourth-order valence-electron chi connectivity index (χ4n) is 2.02. The van der Waals surface area contributed by atoms with Crippen molar-refractivity contribution in [3.8, 4) is 11.8 Å². The lowest BCUT2D eigenvalue weighted by atomic mass is 10.0. The molecule has 1 aliphatic rings. The first-order valence-corrected chi connectivity index (χ1v) is 6.17. The molecule has 1 atom stereocenters. The summed E-state index contributed by atoms with van der Waals surface area (Å²) in [5.74, 6) is 0.481. The van der Waals surface area contributed by atoms with Crippen molar-refractivity contribution in [1.29, 1.82) is 5.26 Å². The summed E-state index contributed by atoms with van der Waals surface area (Å²) in [5, 5.41) is 12.0. The number of halogens is 1. The molecule has 0 aromatic heterocycles. The number of fused-ring (bicyclic) bond motifs is 1. The molecule has 0 fully saturated rings. The number of benzene rings is 1. The van der Waals surface area contributed by atoms with Gasteiger partial charge in [-0.1, -0.05) is 11.6 Å². The number of carbonyl (C=O) groups is 1. The average Bonchev–Trinajstić information content (AvgIpc) is 2.52. The molecule has 0 saturated heterocycles. The standard InChI is InChI=1S/C13H13ClN2O2/c14-9-3-4-12-10(8-9)11(2-1-7-18-12)16-13(17)5-6-15/h3-4,8,11H,1-2,5,7H2,(H,16,17). The molecule has 2 rings (SSSR count). The molecule has 5 heteroatoms. The summed E-state index contributed by atoms with van der Waals surface area (Å²) in [5.41, 5.74) is 0.881. The van der Waals surface area contributed by atoms with Crippen LogP contribution in [-0.2, 0) is 4.79 Å². The SMILES string of the molecule is N#CCC(=O)NC1CCCOc2ccc(Cl)cc21. The predicted molar refractivity (Wildman–Crippen MR) is 67.3 cm³/mol. The smallest absolute Gasteiger partial charge is 0.234 e. The Bertz CT molecular complexity index is 496. The van der Waals surface area contributed by atoms with Gasteiger partial charge in [-0.2, -0.15) is 5.26 Å². The van der Waals surface area contributed by atoms with Crippen molar-refractivity contribution in [2.24, 2.45) is 0 Å². The van der Waals surface area contributed by atoms with E-state index in [9.17, 15) is 4.79 Å². The van der Waals surface area contributed by atoms with Crippen LogP contribution in [0.4, 0.5) is 0 Å². The number of hydrogen-bond acceptors (Lipinski definition) is 3. The van der Waals surface area contributed by atoms with E-state index in [-0.39, 0.29) is 18.4 Å². The van der Waals surface area contributed by atoms with E-state index in [0.29, 0.717) is 11.6 Å². The monoisotopic (exact) mass is 264 g/mol. The van der Waals surface area contributed by atoms with E-state index in [1.54, 1.807) is 12.1 Å². The zero-order chi connectivity index (χ0) is 13.0. The maximum Gasteiger partial charge on any atom is 0.234 e. The van der Waals surface area contributed by atoms with Crippen molar-refractivity contribution in [2.45, 2.75) is 25.3 Å². The van der Waals surface area contributed by atoms with Crippen LogP contribution in [-0.4, -0.2) is 12.5 Å². The largest absolute Gasteiger partial charge is 0.493 e. The van der Waals surface area contributed by atoms with Gasteiger partial charge in [-0.15, -0.1) is 0 Å². The van der Waals surface area contributed by atoms with Gasteiger partial charge in [-0.3, -0.25) is 4.79 Å². The van der Waals surface area contributed by atoms with Crippen LogP contribution in [0.25, 0.3) is 0 Å². The first-order valence-electron chi connectivity index (χ1n) is 5.79. The normalized spacial score (nSPS) is 17.9. The highest BCUT2D eigenvalue weighted by atomic mass is 35.5. The van der Waals surface area contributed by atoms with Gasteiger partial charge in [0.1, 0.15) is 12.2 Å². The molecular formula is C13H13ClN2O2. The molecule has 1 unspecified atom stereocenters. The Labute approximate surface area is 111 Å². The van der Waals surface area contributed by atoms with E-state index in [2.05, 4.69) is 5.32 Å². The molecule has 18 heavy (non-hydrogen) atoms. The molecule has 0 spiro atoms. The number of amides is 1. The highest BCUT2D eigenvalue weighted by molar-refractivity contribution is 6.30. The van der Waals surface area contributed by atoms with Crippen LogP contribution in [0.3, 0.4) is 0 Å². The Morgan fingerprint density at radius 1 is 1.61 bits per heavy atom. The Morgan fingerprint density at radius 3 is 3.22 bits per heavy atom. The third kappa shape index (κ3) is 2.93. The second kappa shape index (κ2) is 5.74. The second-order valence-corrected chi connectivity index (χ2v) is 4.56. The second-order valence-electron chi connectivity index (χ2n) is 4.13. The Morgan fingerprint density at radius 2 is 2.44 bits per heavy atom. The summed E-state index contributed by atoms with van der Waals surface area (Å²) < 4.78 is 5.60. The van der Waals surface area contributed by atoms with Crippen molar-refractivity contribution < 1.29 is 9.53 Å². The molecule has 1 aromatic rings. The molecule has 4 nitrogen and oxygen atoms in total. The van der Waals surface area contributed by atoms with Crippen LogP contribution in [0, 0.1) is 11.3 Å². The fraction of sp³-hybridized carbons (Fsp3) is 0.385. The number of carbonyl (C=O) groups excluding carboxylic acids is 1. The lowest BCUT2D eigenvalue weighted by Crippen LogP contribution is -2.27. The highest BCUT2D eigenvalue weighted by Crippen LogP contribution is 2.33. The van der Waals surface area contributed by atoms with Crippen molar-refractivity contribution in [2.75, 3.05) is 6.61 Å². The van der Waals surface area contributed by atoms with E-state index >= 15 is 0 Å². The van der Waals surface area contributed by atoms with Gasteiger partial charge in [-0.25, -0.2) is 0 Å². The van der Waals surface area contributed by atoms with Gasteiger partial charge >= 0.3 is 0 Å². The molecule has 1 heterocycles. The first kappa shape index (κ1) is 12.7. The lowest BCUT2D eigenvalue weighted by molar-refractivity contribution is -0.120. The molecule has 94 valence electrons. The highest BCUT2D eigenvalue weighted by Gasteiger charge is 2.21.